The number of nitrogens with zero attached hydrogens (tertiary/aromatic N) is 2. The molecule has 1 aromatic carbocycles. The molecule has 1 aliphatic carbocycles. The Labute approximate surface area is 160 Å². The Morgan fingerprint density at radius 2 is 1.78 bits per heavy atom. The van der Waals surface area contributed by atoms with E-state index in [2.05, 4.69) is 10.6 Å². The highest BCUT2D eigenvalue weighted by molar-refractivity contribution is 7.89. The Kier molecular flexibility index (Phi) is 6.13. The van der Waals surface area contributed by atoms with E-state index in [0.717, 1.165) is 24.8 Å². The number of rotatable bonds is 5. The van der Waals surface area contributed by atoms with Crippen molar-refractivity contribution in [2.75, 3.05) is 39.3 Å². The fourth-order valence-corrected chi connectivity index (χ4v) is 5.03. The molecular formula is C18H26N4O4S. The number of fused-ring (bicyclic) bond motifs is 1. The molecule has 148 valence electrons. The lowest BCUT2D eigenvalue weighted by molar-refractivity contribution is -0.121. The monoisotopic (exact) mass is 394 g/mol. The van der Waals surface area contributed by atoms with E-state index in [1.807, 2.05) is 17.0 Å². The van der Waals surface area contributed by atoms with E-state index in [4.69, 9.17) is 0 Å². The van der Waals surface area contributed by atoms with Crippen LogP contribution in [0.1, 0.15) is 24.5 Å². The smallest absolute Gasteiger partial charge is 0.321 e. The van der Waals surface area contributed by atoms with Crippen molar-refractivity contribution in [3.05, 3.63) is 29.3 Å². The average Bonchev–Trinajstić information content (AvgIpc) is 3.10. The Bertz CT molecular complexity index is 817. The normalized spacial score (nSPS) is 18.1. The summed E-state index contributed by atoms with van der Waals surface area (Å²) in [5.74, 6) is -0.393. The van der Waals surface area contributed by atoms with Crippen LogP contribution in [-0.4, -0.2) is 68.8 Å². The van der Waals surface area contributed by atoms with Crippen molar-refractivity contribution >= 4 is 22.0 Å². The van der Waals surface area contributed by atoms with Crippen molar-refractivity contribution in [1.82, 2.24) is 19.8 Å². The predicted molar refractivity (Wildman–Crippen MR) is 101 cm³/mol. The van der Waals surface area contributed by atoms with Gasteiger partial charge in [-0.15, -0.1) is 0 Å². The van der Waals surface area contributed by atoms with Crippen LogP contribution < -0.4 is 10.6 Å². The summed E-state index contributed by atoms with van der Waals surface area (Å²) < 4.78 is 27.3. The van der Waals surface area contributed by atoms with Gasteiger partial charge < -0.3 is 5.32 Å². The third-order valence-electron chi connectivity index (χ3n) is 5.00. The fraction of sp³-hybridized carbons (Fsp3) is 0.556. The van der Waals surface area contributed by atoms with Crippen molar-refractivity contribution in [2.45, 2.75) is 31.1 Å². The van der Waals surface area contributed by atoms with E-state index in [-0.39, 0.29) is 6.54 Å². The van der Waals surface area contributed by atoms with Crippen LogP contribution in [0.15, 0.2) is 23.1 Å². The maximum atomic E-state index is 12.9. The average molecular weight is 394 g/mol. The van der Waals surface area contributed by atoms with Crippen LogP contribution in [0, 0.1) is 0 Å². The van der Waals surface area contributed by atoms with Crippen LogP contribution in [0.4, 0.5) is 4.79 Å². The summed E-state index contributed by atoms with van der Waals surface area (Å²) >= 11 is 0. The number of hydrogen-bond donors (Lipinski definition) is 2. The number of urea groups is 1. The molecular weight excluding hydrogens is 368 g/mol. The fourth-order valence-electron chi connectivity index (χ4n) is 3.56. The second-order valence-electron chi connectivity index (χ2n) is 6.87. The predicted octanol–water partition coefficient (Wildman–Crippen LogP) is 0.327. The molecule has 0 bridgehead atoms. The Morgan fingerprint density at radius 3 is 2.48 bits per heavy atom. The zero-order valence-electron chi connectivity index (χ0n) is 15.5. The first-order chi connectivity index (χ1) is 12.9. The van der Waals surface area contributed by atoms with E-state index in [1.54, 1.807) is 13.0 Å². The van der Waals surface area contributed by atoms with Gasteiger partial charge in [-0.25, -0.2) is 13.2 Å². The number of aryl methyl sites for hydroxylation is 2. The van der Waals surface area contributed by atoms with E-state index in [1.165, 1.54) is 9.87 Å². The lowest BCUT2D eigenvalue weighted by Gasteiger charge is -2.33. The highest BCUT2D eigenvalue weighted by atomic mass is 32.2. The minimum Gasteiger partial charge on any atom is -0.338 e. The SMILES string of the molecule is CCNC(=O)NC(=O)CN1CCN(S(=O)(=O)c2ccc3c(c2)CCC3)CC1. The molecule has 1 aromatic rings. The Balaban J connectivity index is 1.55. The van der Waals surface area contributed by atoms with Crippen LogP contribution >= 0.6 is 0 Å². The molecule has 0 spiro atoms. The molecule has 9 heteroatoms. The van der Waals surface area contributed by atoms with Crippen LogP contribution in [0.5, 0.6) is 0 Å². The van der Waals surface area contributed by atoms with Gasteiger partial charge in [0.15, 0.2) is 0 Å². The topological polar surface area (TPSA) is 98.8 Å². The molecule has 0 aromatic heterocycles. The first kappa shape index (κ1) is 19.8. The summed E-state index contributed by atoms with van der Waals surface area (Å²) in [5.41, 5.74) is 2.38. The van der Waals surface area contributed by atoms with Gasteiger partial charge in [0.1, 0.15) is 0 Å². The summed E-state index contributed by atoms with van der Waals surface area (Å²) in [4.78, 5) is 25.4. The Morgan fingerprint density at radius 1 is 1.07 bits per heavy atom. The summed E-state index contributed by atoms with van der Waals surface area (Å²) in [5, 5.41) is 4.76. The number of amides is 3. The molecule has 8 nitrogen and oxygen atoms in total. The van der Waals surface area contributed by atoms with Crippen LogP contribution in [0.3, 0.4) is 0 Å². The van der Waals surface area contributed by atoms with Gasteiger partial charge in [-0.05, 0) is 49.4 Å². The maximum absolute atomic E-state index is 12.9. The molecule has 0 atom stereocenters. The number of piperazine rings is 1. The molecule has 0 saturated carbocycles. The van der Waals surface area contributed by atoms with E-state index < -0.39 is 22.0 Å². The van der Waals surface area contributed by atoms with Crippen LogP contribution in [0.2, 0.25) is 0 Å². The third kappa shape index (κ3) is 4.66. The summed E-state index contributed by atoms with van der Waals surface area (Å²) in [7, 11) is -3.52. The van der Waals surface area contributed by atoms with Gasteiger partial charge in [-0.2, -0.15) is 4.31 Å². The quantitative estimate of drug-likeness (QED) is 0.750. The molecule has 1 saturated heterocycles. The van der Waals surface area contributed by atoms with E-state index in [9.17, 15) is 18.0 Å². The van der Waals surface area contributed by atoms with Gasteiger partial charge in [0.2, 0.25) is 15.9 Å². The number of nitrogens with one attached hydrogen (secondary N) is 2. The Hall–Kier alpha value is -1.97. The first-order valence-electron chi connectivity index (χ1n) is 9.32. The minimum atomic E-state index is -3.52. The van der Waals surface area contributed by atoms with Gasteiger partial charge >= 0.3 is 6.03 Å². The summed E-state index contributed by atoms with van der Waals surface area (Å²) in [6, 6.07) is 4.92. The number of carbonyl (C=O) groups excluding carboxylic acids is 2. The molecule has 3 amide bonds. The zero-order valence-corrected chi connectivity index (χ0v) is 16.3. The highest BCUT2D eigenvalue weighted by Crippen LogP contribution is 2.26. The number of carbonyl (C=O) groups is 2. The lowest BCUT2D eigenvalue weighted by Crippen LogP contribution is -2.52. The third-order valence-corrected chi connectivity index (χ3v) is 6.89. The molecule has 1 aliphatic heterocycles. The van der Waals surface area contributed by atoms with Gasteiger partial charge in [0.05, 0.1) is 11.4 Å². The highest BCUT2D eigenvalue weighted by Gasteiger charge is 2.30. The van der Waals surface area contributed by atoms with Gasteiger partial charge in [0, 0.05) is 32.7 Å². The minimum absolute atomic E-state index is 0.0733. The van der Waals surface area contributed by atoms with Crippen molar-refractivity contribution < 1.29 is 18.0 Å². The van der Waals surface area contributed by atoms with E-state index >= 15 is 0 Å². The number of imide groups is 1. The number of sulfonamides is 1. The van der Waals surface area contributed by atoms with Crippen LogP contribution in [0.25, 0.3) is 0 Å². The van der Waals surface area contributed by atoms with Gasteiger partial charge in [0.25, 0.3) is 0 Å². The second kappa shape index (κ2) is 8.37. The molecule has 1 fully saturated rings. The van der Waals surface area contributed by atoms with Crippen molar-refractivity contribution in [2.24, 2.45) is 0 Å². The second-order valence-corrected chi connectivity index (χ2v) is 8.81. The molecule has 0 unspecified atom stereocenters. The maximum Gasteiger partial charge on any atom is 0.321 e. The first-order valence-corrected chi connectivity index (χ1v) is 10.8. The largest absolute Gasteiger partial charge is 0.338 e. The molecule has 0 radical (unpaired) electrons. The molecule has 2 aliphatic rings. The van der Waals surface area contributed by atoms with E-state index in [0.29, 0.717) is 37.6 Å². The van der Waals surface area contributed by atoms with Crippen molar-refractivity contribution in [3.8, 4) is 0 Å². The molecule has 1 heterocycles. The van der Waals surface area contributed by atoms with Gasteiger partial charge in [-0.1, -0.05) is 6.07 Å². The summed E-state index contributed by atoms with van der Waals surface area (Å²) in [6.45, 7) is 3.84. The molecule has 3 rings (SSSR count). The van der Waals surface area contributed by atoms with Crippen molar-refractivity contribution in [3.63, 3.8) is 0 Å². The lowest BCUT2D eigenvalue weighted by atomic mass is 10.1. The van der Waals surface area contributed by atoms with Crippen LogP contribution in [-0.2, 0) is 27.7 Å². The van der Waals surface area contributed by atoms with Gasteiger partial charge in [-0.3, -0.25) is 15.0 Å². The zero-order chi connectivity index (χ0) is 19.4. The number of hydrogen-bond acceptors (Lipinski definition) is 5. The molecule has 27 heavy (non-hydrogen) atoms. The number of benzene rings is 1. The standard InChI is InChI=1S/C18H26N4O4S/c1-2-19-18(24)20-17(23)13-21-8-10-22(11-9-21)27(25,26)16-7-6-14-4-3-5-15(14)12-16/h6-7,12H,2-5,8-11,13H2,1H3,(H2,19,20,23,24). The van der Waals surface area contributed by atoms with Crippen molar-refractivity contribution in [1.29, 1.82) is 0 Å². The molecule has 2 N–H and O–H groups in total. The summed E-state index contributed by atoms with van der Waals surface area (Å²) in [6.07, 6.45) is 3.04.